The molecule has 0 atom stereocenters. The first-order valence-corrected chi connectivity index (χ1v) is 7.22. The molecule has 0 saturated carbocycles. The van der Waals surface area contributed by atoms with Gasteiger partial charge in [-0.2, -0.15) is 0 Å². The number of aryl methyl sites for hydroxylation is 2. The number of rotatable bonds is 4. The van der Waals surface area contributed by atoms with E-state index in [-0.39, 0.29) is 22.0 Å². The predicted molar refractivity (Wildman–Crippen MR) is 72.4 cm³/mol. The van der Waals surface area contributed by atoms with Gasteiger partial charge in [-0.15, -0.1) is 0 Å². The lowest BCUT2D eigenvalue weighted by molar-refractivity contribution is 0.0691. The molecule has 0 aliphatic carbocycles. The number of carbonyl (C=O) groups is 1. The van der Waals surface area contributed by atoms with Gasteiger partial charge in [-0.25, -0.2) is 13.2 Å². The zero-order valence-electron chi connectivity index (χ0n) is 10.9. The third-order valence-electron chi connectivity index (χ3n) is 2.71. The number of furan rings is 1. The maximum Gasteiger partial charge on any atom is 0.340 e. The monoisotopic (exact) mass is 295 g/mol. The highest BCUT2D eigenvalue weighted by molar-refractivity contribution is 7.92. The van der Waals surface area contributed by atoms with E-state index in [1.165, 1.54) is 13.8 Å². The normalized spacial score (nSPS) is 11.3. The van der Waals surface area contributed by atoms with Crippen molar-refractivity contribution >= 4 is 21.7 Å². The Morgan fingerprint density at radius 3 is 2.30 bits per heavy atom. The van der Waals surface area contributed by atoms with Crippen molar-refractivity contribution < 1.29 is 22.7 Å². The molecule has 0 saturated heterocycles. The van der Waals surface area contributed by atoms with Gasteiger partial charge in [0.15, 0.2) is 0 Å². The Hall–Kier alpha value is -2.28. The largest absolute Gasteiger partial charge is 0.478 e. The van der Waals surface area contributed by atoms with E-state index in [0.717, 1.165) is 0 Å². The number of anilines is 1. The molecule has 2 N–H and O–H groups in total. The summed E-state index contributed by atoms with van der Waals surface area (Å²) in [5, 5.41) is 9.14. The molecule has 2 aromatic rings. The van der Waals surface area contributed by atoms with Gasteiger partial charge in [0.05, 0.1) is 0 Å². The summed E-state index contributed by atoms with van der Waals surface area (Å²) in [6.07, 6.45) is 0. The summed E-state index contributed by atoms with van der Waals surface area (Å²) in [6.45, 7) is 2.83. The van der Waals surface area contributed by atoms with Gasteiger partial charge in [0.2, 0.25) is 0 Å². The Balaban J connectivity index is 2.53. The maximum atomic E-state index is 12.3. The third kappa shape index (κ3) is 2.53. The second kappa shape index (κ2) is 5.01. The first-order valence-electron chi connectivity index (χ1n) is 5.74. The zero-order chi connectivity index (χ0) is 14.9. The number of aromatic carboxylic acids is 1. The Morgan fingerprint density at radius 1 is 1.15 bits per heavy atom. The second-order valence-electron chi connectivity index (χ2n) is 4.20. The molecule has 0 bridgehead atoms. The van der Waals surface area contributed by atoms with Gasteiger partial charge in [-0.3, -0.25) is 4.72 Å². The lowest BCUT2D eigenvalue weighted by atomic mass is 10.2. The van der Waals surface area contributed by atoms with Crippen LogP contribution in [0.25, 0.3) is 0 Å². The molecule has 7 heteroatoms. The Kier molecular flexibility index (Phi) is 3.54. The number of nitrogens with one attached hydrogen (secondary N) is 1. The van der Waals surface area contributed by atoms with Crippen LogP contribution in [0, 0.1) is 13.8 Å². The van der Waals surface area contributed by atoms with Crippen LogP contribution in [0.15, 0.2) is 39.6 Å². The van der Waals surface area contributed by atoms with E-state index < -0.39 is 16.0 Å². The summed E-state index contributed by atoms with van der Waals surface area (Å²) in [4.78, 5) is 10.9. The smallest absolute Gasteiger partial charge is 0.340 e. The molecule has 6 nitrogen and oxygen atoms in total. The first-order chi connectivity index (χ1) is 9.33. The number of carboxylic acids is 1. The van der Waals surface area contributed by atoms with Gasteiger partial charge in [-0.1, -0.05) is 18.2 Å². The van der Waals surface area contributed by atoms with Gasteiger partial charge in [0, 0.05) is 5.69 Å². The molecule has 0 spiro atoms. The SMILES string of the molecule is Cc1oc(C)c(S(=O)(=O)Nc2ccccc2)c1C(=O)O. The maximum absolute atomic E-state index is 12.3. The molecule has 0 unspecified atom stereocenters. The van der Waals surface area contributed by atoms with Crippen LogP contribution in [0.2, 0.25) is 0 Å². The van der Waals surface area contributed by atoms with E-state index >= 15 is 0 Å². The van der Waals surface area contributed by atoms with Gasteiger partial charge in [0.1, 0.15) is 22.0 Å². The van der Waals surface area contributed by atoms with Crippen LogP contribution in [0.5, 0.6) is 0 Å². The van der Waals surface area contributed by atoms with Crippen molar-refractivity contribution in [2.45, 2.75) is 18.7 Å². The summed E-state index contributed by atoms with van der Waals surface area (Å²) < 4.78 is 32.1. The molecule has 106 valence electrons. The quantitative estimate of drug-likeness (QED) is 0.902. The summed E-state index contributed by atoms with van der Waals surface area (Å²) >= 11 is 0. The van der Waals surface area contributed by atoms with E-state index in [1.54, 1.807) is 30.3 Å². The average molecular weight is 295 g/mol. The van der Waals surface area contributed by atoms with E-state index in [1.807, 2.05) is 0 Å². The topological polar surface area (TPSA) is 96.6 Å². The van der Waals surface area contributed by atoms with Crippen LogP contribution < -0.4 is 4.72 Å². The Bertz CT molecular complexity index is 747. The van der Waals surface area contributed by atoms with Crippen LogP contribution in [0.1, 0.15) is 21.9 Å². The molecule has 1 heterocycles. The number of benzene rings is 1. The fraction of sp³-hybridized carbons (Fsp3) is 0.154. The summed E-state index contributed by atoms with van der Waals surface area (Å²) in [5.41, 5.74) is 0.00743. The summed E-state index contributed by atoms with van der Waals surface area (Å²) in [7, 11) is -4.02. The van der Waals surface area contributed by atoms with Crippen molar-refractivity contribution in [2.24, 2.45) is 0 Å². The van der Waals surface area contributed by atoms with Gasteiger partial charge in [-0.05, 0) is 26.0 Å². The van der Waals surface area contributed by atoms with Crippen LogP contribution in [0.4, 0.5) is 5.69 Å². The first kappa shape index (κ1) is 14.1. The number of para-hydroxylation sites is 1. The van der Waals surface area contributed by atoms with E-state index in [2.05, 4.69) is 4.72 Å². The Morgan fingerprint density at radius 2 is 1.75 bits per heavy atom. The van der Waals surface area contributed by atoms with E-state index in [9.17, 15) is 13.2 Å². The summed E-state index contributed by atoms with van der Waals surface area (Å²) in [5.74, 6) is -1.24. The fourth-order valence-corrected chi connectivity index (χ4v) is 3.41. The molecule has 2 rings (SSSR count). The van der Waals surface area contributed by atoms with E-state index in [4.69, 9.17) is 9.52 Å². The van der Waals surface area contributed by atoms with Crippen LogP contribution >= 0.6 is 0 Å². The Labute approximate surface area is 116 Å². The molecular formula is C13H13NO5S. The number of carboxylic acid groups (broad SMARTS) is 1. The summed E-state index contributed by atoms with van der Waals surface area (Å²) in [6, 6.07) is 8.22. The molecular weight excluding hydrogens is 282 g/mol. The second-order valence-corrected chi connectivity index (χ2v) is 5.81. The standard InChI is InChI=1S/C13H13NO5S/c1-8-11(13(15)16)12(9(2)19-8)20(17,18)14-10-6-4-3-5-7-10/h3-7,14H,1-2H3,(H,15,16). The van der Waals surface area contributed by atoms with Gasteiger partial charge >= 0.3 is 5.97 Å². The highest BCUT2D eigenvalue weighted by atomic mass is 32.2. The van der Waals surface area contributed by atoms with Crippen molar-refractivity contribution in [3.8, 4) is 0 Å². The van der Waals surface area contributed by atoms with E-state index in [0.29, 0.717) is 5.69 Å². The van der Waals surface area contributed by atoms with Gasteiger partial charge in [0.25, 0.3) is 10.0 Å². The van der Waals surface area contributed by atoms with Crippen molar-refractivity contribution in [3.63, 3.8) is 0 Å². The number of hydrogen-bond acceptors (Lipinski definition) is 4. The number of sulfonamides is 1. The highest BCUT2D eigenvalue weighted by Gasteiger charge is 2.30. The lowest BCUT2D eigenvalue weighted by Crippen LogP contribution is -2.16. The van der Waals surface area contributed by atoms with Crippen molar-refractivity contribution in [3.05, 3.63) is 47.4 Å². The lowest BCUT2D eigenvalue weighted by Gasteiger charge is -2.07. The highest BCUT2D eigenvalue weighted by Crippen LogP contribution is 2.28. The molecule has 0 aliphatic rings. The molecule has 0 radical (unpaired) electrons. The van der Waals surface area contributed by atoms with Crippen molar-refractivity contribution in [1.29, 1.82) is 0 Å². The molecule has 20 heavy (non-hydrogen) atoms. The number of hydrogen-bond donors (Lipinski definition) is 2. The molecule has 0 aliphatic heterocycles. The molecule has 0 amide bonds. The minimum absolute atomic E-state index is 0.0448. The van der Waals surface area contributed by atoms with Crippen LogP contribution in [0.3, 0.4) is 0 Å². The molecule has 1 aromatic heterocycles. The molecule has 0 fully saturated rings. The average Bonchev–Trinajstić information content (AvgIpc) is 2.65. The molecule has 1 aromatic carbocycles. The van der Waals surface area contributed by atoms with Crippen molar-refractivity contribution in [2.75, 3.05) is 4.72 Å². The van der Waals surface area contributed by atoms with Crippen molar-refractivity contribution in [1.82, 2.24) is 0 Å². The fourth-order valence-electron chi connectivity index (χ4n) is 1.95. The minimum atomic E-state index is -4.02. The third-order valence-corrected chi connectivity index (χ3v) is 4.25. The zero-order valence-corrected chi connectivity index (χ0v) is 11.7. The minimum Gasteiger partial charge on any atom is -0.478 e. The van der Waals surface area contributed by atoms with Crippen LogP contribution in [-0.4, -0.2) is 19.5 Å². The van der Waals surface area contributed by atoms with Crippen LogP contribution in [-0.2, 0) is 10.0 Å². The van der Waals surface area contributed by atoms with Gasteiger partial charge < -0.3 is 9.52 Å². The predicted octanol–water partition coefficient (Wildman–Crippen LogP) is 2.40.